The van der Waals surface area contributed by atoms with Crippen molar-refractivity contribution in [3.8, 4) is 11.1 Å². The number of hydrogen-bond acceptors (Lipinski definition) is 5. The number of carboxylic acid groups (broad SMARTS) is 1. The number of nitrogens with zero attached hydrogens (tertiary/aromatic N) is 3. The number of sulfone groups is 1. The standard InChI is InChI=1S/C21H22ClF2N3O5S/c1-26-10-13(9-25-26)12-2-3-18(17(22)6-12)33(31,32)14-7-15(16(8-14)20(29)30)19(28)27-5-4-21(23,24)11-27/h2-3,6,9-10,14-16H,4-5,7-8,11H2,1H3,(H,29,30)/t14-,15-,16-/m1/s1. The summed E-state index contributed by atoms with van der Waals surface area (Å²) in [6.45, 7) is -0.971. The van der Waals surface area contributed by atoms with Crippen molar-refractivity contribution in [2.75, 3.05) is 13.1 Å². The number of carboxylic acids is 1. The van der Waals surface area contributed by atoms with Crippen molar-refractivity contribution in [1.29, 1.82) is 0 Å². The van der Waals surface area contributed by atoms with E-state index in [-0.39, 0.29) is 29.3 Å². The fourth-order valence-corrected chi connectivity index (χ4v) is 6.98. The van der Waals surface area contributed by atoms with Crippen molar-refractivity contribution < 1.29 is 31.9 Å². The lowest BCUT2D eigenvalue weighted by molar-refractivity contribution is -0.149. The number of carbonyl (C=O) groups excluding carboxylic acids is 1. The van der Waals surface area contributed by atoms with Crippen LogP contribution in [0.15, 0.2) is 35.5 Å². The van der Waals surface area contributed by atoms with Crippen molar-refractivity contribution in [1.82, 2.24) is 14.7 Å². The van der Waals surface area contributed by atoms with Gasteiger partial charge in [0.2, 0.25) is 5.91 Å². The maximum atomic E-state index is 13.6. The lowest BCUT2D eigenvalue weighted by Gasteiger charge is -2.22. The van der Waals surface area contributed by atoms with Crippen LogP contribution >= 0.6 is 11.6 Å². The fourth-order valence-electron chi connectivity index (χ4n) is 4.61. The Kier molecular flexibility index (Phi) is 5.98. The molecule has 1 aliphatic heterocycles. The topological polar surface area (TPSA) is 110 Å². The van der Waals surface area contributed by atoms with E-state index in [9.17, 15) is 31.9 Å². The number of aryl methyl sites for hydroxylation is 1. The first-order chi connectivity index (χ1) is 15.4. The number of rotatable bonds is 5. The molecule has 3 atom stereocenters. The summed E-state index contributed by atoms with van der Waals surface area (Å²) < 4.78 is 55.4. The van der Waals surface area contributed by atoms with Gasteiger partial charge in [-0.3, -0.25) is 14.3 Å². The van der Waals surface area contributed by atoms with Crippen molar-refractivity contribution in [3.05, 3.63) is 35.6 Å². The zero-order valence-electron chi connectivity index (χ0n) is 17.6. The van der Waals surface area contributed by atoms with Gasteiger partial charge in [-0.05, 0) is 30.5 Å². The Balaban J connectivity index is 1.59. The predicted octanol–water partition coefficient (Wildman–Crippen LogP) is 2.86. The van der Waals surface area contributed by atoms with E-state index >= 15 is 0 Å². The largest absolute Gasteiger partial charge is 0.481 e. The van der Waals surface area contributed by atoms with Crippen LogP contribution < -0.4 is 0 Å². The van der Waals surface area contributed by atoms with Crippen LogP contribution in [-0.4, -0.2) is 64.3 Å². The molecule has 0 unspecified atom stereocenters. The van der Waals surface area contributed by atoms with Crippen LogP contribution in [0.5, 0.6) is 0 Å². The summed E-state index contributed by atoms with van der Waals surface area (Å²) in [5, 5.41) is 12.5. The summed E-state index contributed by atoms with van der Waals surface area (Å²) in [5.41, 5.74) is 1.40. The van der Waals surface area contributed by atoms with Crippen LogP contribution in [0.1, 0.15) is 19.3 Å². The Morgan fingerprint density at radius 1 is 1.21 bits per heavy atom. The third-order valence-electron chi connectivity index (χ3n) is 6.35. The first-order valence-electron chi connectivity index (χ1n) is 10.3. The molecule has 0 radical (unpaired) electrons. The number of alkyl halides is 2. The first kappa shape index (κ1) is 23.6. The van der Waals surface area contributed by atoms with Crippen molar-refractivity contribution in [2.45, 2.75) is 35.3 Å². The van der Waals surface area contributed by atoms with E-state index < -0.39 is 57.7 Å². The molecule has 1 amide bonds. The van der Waals surface area contributed by atoms with E-state index in [2.05, 4.69) is 5.10 Å². The van der Waals surface area contributed by atoms with E-state index in [4.69, 9.17) is 11.6 Å². The highest BCUT2D eigenvalue weighted by molar-refractivity contribution is 7.92. The van der Waals surface area contributed by atoms with Crippen molar-refractivity contribution >= 4 is 33.3 Å². The molecular formula is C21H22ClF2N3O5S. The highest BCUT2D eigenvalue weighted by atomic mass is 35.5. The molecule has 33 heavy (non-hydrogen) atoms. The number of halogens is 3. The normalized spacial score (nSPS) is 24.8. The van der Waals surface area contributed by atoms with Gasteiger partial charge in [-0.15, -0.1) is 0 Å². The summed E-state index contributed by atoms with van der Waals surface area (Å²) >= 11 is 6.30. The highest BCUT2D eigenvalue weighted by Crippen LogP contribution is 2.42. The molecule has 1 saturated heterocycles. The molecule has 8 nitrogen and oxygen atoms in total. The van der Waals surface area contributed by atoms with Gasteiger partial charge in [0, 0.05) is 31.8 Å². The molecule has 1 aliphatic carbocycles. The van der Waals surface area contributed by atoms with E-state index in [0.717, 1.165) is 10.5 Å². The predicted molar refractivity (Wildman–Crippen MR) is 115 cm³/mol. The molecule has 2 aliphatic rings. The minimum absolute atomic E-state index is 0.0304. The van der Waals surface area contributed by atoms with E-state index in [1.54, 1.807) is 30.2 Å². The molecule has 1 aromatic carbocycles. The zero-order valence-corrected chi connectivity index (χ0v) is 19.2. The summed E-state index contributed by atoms with van der Waals surface area (Å²) in [6.07, 6.45) is 2.29. The Labute approximate surface area is 194 Å². The van der Waals surface area contributed by atoms with Crippen molar-refractivity contribution in [3.63, 3.8) is 0 Å². The molecule has 1 saturated carbocycles. The zero-order chi connectivity index (χ0) is 24.1. The van der Waals surface area contributed by atoms with Gasteiger partial charge in [-0.1, -0.05) is 17.7 Å². The van der Waals surface area contributed by atoms with Gasteiger partial charge in [0.05, 0.1) is 39.7 Å². The summed E-state index contributed by atoms with van der Waals surface area (Å²) in [4.78, 5) is 25.4. The molecule has 2 heterocycles. The molecular weight excluding hydrogens is 480 g/mol. The van der Waals surface area contributed by atoms with Gasteiger partial charge in [0.1, 0.15) is 0 Å². The molecule has 2 aromatic rings. The summed E-state index contributed by atoms with van der Waals surface area (Å²) in [6, 6.07) is 4.42. The van der Waals surface area contributed by atoms with Crippen LogP contribution in [0.2, 0.25) is 5.02 Å². The van der Waals surface area contributed by atoms with Gasteiger partial charge >= 0.3 is 5.97 Å². The fraction of sp³-hybridized carbons (Fsp3) is 0.476. The smallest absolute Gasteiger partial charge is 0.307 e. The maximum absolute atomic E-state index is 13.6. The Hall–Kier alpha value is -2.53. The summed E-state index contributed by atoms with van der Waals surface area (Å²) in [7, 11) is -2.34. The monoisotopic (exact) mass is 501 g/mol. The van der Waals surface area contributed by atoms with Gasteiger partial charge in [0.15, 0.2) is 9.84 Å². The number of aliphatic carboxylic acids is 1. The second kappa shape index (κ2) is 8.35. The number of aromatic nitrogens is 2. The Morgan fingerprint density at radius 2 is 1.91 bits per heavy atom. The minimum atomic E-state index is -4.08. The van der Waals surface area contributed by atoms with Gasteiger partial charge in [-0.25, -0.2) is 17.2 Å². The lowest BCUT2D eigenvalue weighted by atomic mass is 9.95. The lowest BCUT2D eigenvalue weighted by Crippen LogP contribution is -2.39. The minimum Gasteiger partial charge on any atom is -0.481 e. The highest BCUT2D eigenvalue weighted by Gasteiger charge is 2.51. The SMILES string of the molecule is Cn1cc(-c2ccc(S(=O)(=O)[C@H]3C[C@@H](C(=O)O)[C@H](C(=O)N4CCC(F)(F)C4)C3)c(Cl)c2)cn1. The number of amides is 1. The van der Waals surface area contributed by atoms with Crippen LogP contribution in [0.3, 0.4) is 0 Å². The molecule has 0 spiro atoms. The quantitative estimate of drug-likeness (QED) is 0.674. The van der Waals surface area contributed by atoms with E-state index in [1.165, 1.54) is 12.1 Å². The van der Waals surface area contributed by atoms with Crippen LogP contribution in [-0.2, 0) is 26.5 Å². The third kappa shape index (κ3) is 4.48. The molecule has 12 heteroatoms. The maximum Gasteiger partial charge on any atom is 0.307 e. The number of likely N-dealkylation sites (tertiary alicyclic amines) is 1. The molecule has 1 N–H and O–H groups in total. The molecule has 0 bridgehead atoms. The average Bonchev–Trinajstić information content (AvgIpc) is 3.45. The Bertz CT molecular complexity index is 1220. The van der Waals surface area contributed by atoms with Gasteiger partial charge in [0.25, 0.3) is 5.92 Å². The molecule has 4 rings (SSSR count). The van der Waals surface area contributed by atoms with E-state index in [0.29, 0.717) is 5.56 Å². The first-order valence-corrected chi connectivity index (χ1v) is 12.2. The van der Waals surface area contributed by atoms with E-state index in [1.807, 2.05) is 0 Å². The summed E-state index contributed by atoms with van der Waals surface area (Å²) in [5.74, 6) is -7.56. The van der Waals surface area contributed by atoms with Crippen LogP contribution in [0.4, 0.5) is 8.78 Å². The number of carbonyl (C=O) groups is 2. The third-order valence-corrected chi connectivity index (χ3v) is 9.01. The second-order valence-electron chi connectivity index (χ2n) is 8.60. The van der Waals surface area contributed by atoms with Crippen LogP contribution in [0.25, 0.3) is 11.1 Å². The molecule has 178 valence electrons. The second-order valence-corrected chi connectivity index (χ2v) is 11.2. The number of hydrogen-bond donors (Lipinski definition) is 1. The van der Waals surface area contributed by atoms with Crippen molar-refractivity contribution in [2.24, 2.45) is 18.9 Å². The molecule has 2 fully saturated rings. The van der Waals surface area contributed by atoms with Gasteiger partial charge in [-0.2, -0.15) is 5.10 Å². The molecule has 1 aromatic heterocycles. The van der Waals surface area contributed by atoms with Crippen LogP contribution in [0, 0.1) is 11.8 Å². The average molecular weight is 502 g/mol. The Morgan fingerprint density at radius 3 is 2.45 bits per heavy atom. The number of benzene rings is 1. The van der Waals surface area contributed by atoms with Gasteiger partial charge < -0.3 is 10.0 Å².